The maximum Gasteiger partial charge on any atom is 0.161 e. The van der Waals surface area contributed by atoms with Crippen molar-refractivity contribution in [1.82, 2.24) is 4.57 Å². The second kappa shape index (κ2) is 4.06. The summed E-state index contributed by atoms with van der Waals surface area (Å²) in [4.78, 5) is 11.4. The summed E-state index contributed by atoms with van der Waals surface area (Å²) < 4.78 is 15.2. The van der Waals surface area contributed by atoms with E-state index in [4.69, 9.17) is 5.11 Å². The summed E-state index contributed by atoms with van der Waals surface area (Å²) in [5, 5.41) is 9.49. The van der Waals surface area contributed by atoms with Crippen molar-refractivity contribution < 1.29 is 14.3 Å². The third-order valence-electron chi connectivity index (χ3n) is 2.57. The molecule has 2 aromatic rings. The van der Waals surface area contributed by atoms with Crippen molar-refractivity contribution in [2.45, 2.75) is 13.5 Å². The van der Waals surface area contributed by atoms with Gasteiger partial charge in [0.1, 0.15) is 5.82 Å². The maximum absolute atomic E-state index is 13.6. The summed E-state index contributed by atoms with van der Waals surface area (Å²) in [7, 11) is 0. The number of rotatable bonds is 3. The first kappa shape index (κ1) is 10.8. The van der Waals surface area contributed by atoms with Gasteiger partial charge in [-0.25, -0.2) is 4.39 Å². The Labute approximate surface area is 92.1 Å². The number of carbonyl (C=O) groups excluding carboxylic acids is 1. The highest BCUT2D eigenvalue weighted by atomic mass is 19.1. The highest BCUT2D eigenvalue weighted by molar-refractivity contribution is 6.07. The van der Waals surface area contributed by atoms with Gasteiger partial charge >= 0.3 is 0 Å². The minimum absolute atomic E-state index is 0.0878. The van der Waals surface area contributed by atoms with Crippen LogP contribution in [0.2, 0.25) is 0 Å². The number of carbonyl (C=O) groups is 1. The van der Waals surface area contributed by atoms with E-state index in [-0.39, 0.29) is 24.8 Å². The standard InChI is InChI=1S/C12H12FNO2/c1-8(16)10-7-14(5-6-15)12-9(10)3-2-4-11(12)13/h2-4,7,15H,5-6H2,1H3. The van der Waals surface area contributed by atoms with Gasteiger partial charge in [0.15, 0.2) is 5.78 Å². The average Bonchev–Trinajstić information content (AvgIpc) is 2.59. The molecule has 0 fully saturated rings. The molecule has 1 N–H and O–H groups in total. The summed E-state index contributed by atoms with van der Waals surface area (Å²) in [6, 6.07) is 4.64. The van der Waals surface area contributed by atoms with Crippen molar-refractivity contribution in [3.05, 3.63) is 35.8 Å². The number of ketones is 1. The van der Waals surface area contributed by atoms with Crippen LogP contribution in [0.3, 0.4) is 0 Å². The predicted octanol–water partition coefficient (Wildman–Crippen LogP) is 1.98. The van der Waals surface area contributed by atoms with Crippen molar-refractivity contribution >= 4 is 16.7 Å². The van der Waals surface area contributed by atoms with E-state index in [9.17, 15) is 9.18 Å². The molecule has 0 bridgehead atoms. The molecule has 0 saturated carbocycles. The molecule has 84 valence electrons. The number of Topliss-reactive ketones (excluding diaryl/α,β-unsaturated/α-hetero) is 1. The minimum Gasteiger partial charge on any atom is -0.395 e. The van der Waals surface area contributed by atoms with Crippen LogP contribution >= 0.6 is 0 Å². The molecule has 0 unspecified atom stereocenters. The van der Waals surface area contributed by atoms with Gasteiger partial charge in [-0.05, 0) is 13.0 Å². The molecule has 2 rings (SSSR count). The van der Waals surface area contributed by atoms with Gasteiger partial charge in [-0.3, -0.25) is 4.79 Å². The zero-order valence-electron chi connectivity index (χ0n) is 8.90. The summed E-state index contributed by atoms with van der Waals surface area (Å²) in [6.45, 7) is 1.64. The lowest BCUT2D eigenvalue weighted by Crippen LogP contribution is -2.01. The number of hydrogen-bond donors (Lipinski definition) is 1. The minimum atomic E-state index is -0.376. The number of aliphatic hydroxyl groups is 1. The fourth-order valence-corrected chi connectivity index (χ4v) is 1.88. The van der Waals surface area contributed by atoms with E-state index in [2.05, 4.69) is 0 Å². The maximum atomic E-state index is 13.6. The number of benzene rings is 1. The van der Waals surface area contributed by atoms with E-state index in [0.29, 0.717) is 16.5 Å². The summed E-state index contributed by atoms with van der Waals surface area (Å²) in [5.41, 5.74) is 0.865. The van der Waals surface area contributed by atoms with Gasteiger partial charge in [0.25, 0.3) is 0 Å². The molecule has 1 heterocycles. The van der Waals surface area contributed by atoms with Crippen LogP contribution < -0.4 is 0 Å². The van der Waals surface area contributed by atoms with E-state index < -0.39 is 0 Å². The number of hydrogen-bond acceptors (Lipinski definition) is 2. The Kier molecular flexibility index (Phi) is 2.75. The van der Waals surface area contributed by atoms with Gasteiger partial charge in [-0.15, -0.1) is 0 Å². The number of para-hydroxylation sites is 1. The van der Waals surface area contributed by atoms with Crippen LogP contribution in [0.15, 0.2) is 24.4 Å². The van der Waals surface area contributed by atoms with Gasteiger partial charge in [0.2, 0.25) is 0 Å². The number of aliphatic hydroxyl groups excluding tert-OH is 1. The van der Waals surface area contributed by atoms with Crippen molar-refractivity contribution in [3.63, 3.8) is 0 Å². The summed E-state index contributed by atoms with van der Waals surface area (Å²) in [5.74, 6) is -0.481. The second-order valence-corrected chi connectivity index (χ2v) is 3.65. The molecule has 16 heavy (non-hydrogen) atoms. The van der Waals surface area contributed by atoms with Crippen molar-refractivity contribution in [2.24, 2.45) is 0 Å². The number of nitrogens with zero attached hydrogens (tertiary/aromatic N) is 1. The quantitative estimate of drug-likeness (QED) is 0.805. The molecule has 0 aliphatic rings. The fraction of sp³-hybridized carbons (Fsp3) is 0.250. The first-order chi connectivity index (χ1) is 7.65. The Morgan fingerprint density at radius 3 is 2.88 bits per heavy atom. The van der Waals surface area contributed by atoms with Gasteiger partial charge in [-0.1, -0.05) is 12.1 Å². The third kappa shape index (κ3) is 1.61. The van der Waals surface area contributed by atoms with Crippen LogP contribution in [0.1, 0.15) is 17.3 Å². The van der Waals surface area contributed by atoms with Crippen LogP contribution in [0, 0.1) is 5.82 Å². The lowest BCUT2D eigenvalue weighted by molar-refractivity contribution is 0.101. The van der Waals surface area contributed by atoms with Gasteiger partial charge in [0.05, 0.1) is 12.1 Å². The lowest BCUT2D eigenvalue weighted by Gasteiger charge is -2.02. The number of aromatic nitrogens is 1. The molecule has 0 amide bonds. The van der Waals surface area contributed by atoms with E-state index >= 15 is 0 Å². The van der Waals surface area contributed by atoms with Crippen LogP contribution in [0.5, 0.6) is 0 Å². The van der Waals surface area contributed by atoms with Crippen LogP contribution in [-0.4, -0.2) is 22.1 Å². The molecule has 0 aliphatic heterocycles. The molecule has 0 radical (unpaired) electrons. The molecular weight excluding hydrogens is 209 g/mol. The molecule has 0 spiro atoms. The molecule has 1 aromatic heterocycles. The smallest absolute Gasteiger partial charge is 0.161 e. The topological polar surface area (TPSA) is 42.2 Å². The van der Waals surface area contributed by atoms with Crippen molar-refractivity contribution in [3.8, 4) is 0 Å². The van der Waals surface area contributed by atoms with Gasteiger partial charge < -0.3 is 9.67 Å². The van der Waals surface area contributed by atoms with E-state index in [1.807, 2.05) is 0 Å². The summed E-state index contributed by atoms with van der Waals surface area (Å²) in [6.07, 6.45) is 1.59. The number of halogens is 1. The lowest BCUT2D eigenvalue weighted by atomic mass is 10.1. The Bertz CT molecular complexity index is 545. The van der Waals surface area contributed by atoms with E-state index in [1.54, 1.807) is 22.9 Å². The highest BCUT2D eigenvalue weighted by Gasteiger charge is 2.14. The number of fused-ring (bicyclic) bond motifs is 1. The normalized spacial score (nSPS) is 10.9. The molecule has 0 aliphatic carbocycles. The molecule has 0 atom stereocenters. The Hall–Kier alpha value is -1.68. The Morgan fingerprint density at radius 2 is 2.25 bits per heavy atom. The van der Waals surface area contributed by atoms with Crippen molar-refractivity contribution in [1.29, 1.82) is 0 Å². The summed E-state index contributed by atoms with van der Waals surface area (Å²) >= 11 is 0. The largest absolute Gasteiger partial charge is 0.395 e. The Morgan fingerprint density at radius 1 is 1.50 bits per heavy atom. The molecule has 4 heteroatoms. The molecular formula is C12H12FNO2. The highest BCUT2D eigenvalue weighted by Crippen LogP contribution is 2.24. The molecule has 3 nitrogen and oxygen atoms in total. The zero-order valence-corrected chi connectivity index (χ0v) is 8.90. The third-order valence-corrected chi connectivity index (χ3v) is 2.57. The predicted molar refractivity (Wildman–Crippen MR) is 59.0 cm³/mol. The van der Waals surface area contributed by atoms with Crippen LogP contribution in [0.25, 0.3) is 10.9 Å². The zero-order chi connectivity index (χ0) is 11.7. The molecule has 1 aromatic carbocycles. The fourth-order valence-electron chi connectivity index (χ4n) is 1.88. The second-order valence-electron chi connectivity index (χ2n) is 3.65. The Balaban J connectivity index is 2.76. The van der Waals surface area contributed by atoms with Crippen LogP contribution in [-0.2, 0) is 6.54 Å². The first-order valence-electron chi connectivity index (χ1n) is 5.04. The van der Waals surface area contributed by atoms with E-state index in [1.165, 1.54) is 13.0 Å². The van der Waals surface area contributed by atoms with Gasteiger partial charge in [0, 0.05) is 23.7 Å². The van der Waals surface area contributed by atoms with Crippen LogP contribution in [0.4, 0.5) is 4.39 Å². The van der Waals surface area contributed by atoms with E-state index in [0.717, 1.165) is 0 Å². The first-order valence-corrected chi connectivity index (χ1v) is 5.04. The monoisotopic (exact) mass is 221 g/mol. The SMILES string of the molecule is CC(=O)c1cn(CCO)c2c(F)cccc12. The van der Waals surface area contributed by atoms with Crippen molar-refractivity contribution in [2.75, 3.05) is 6.61 Å². The van der Waals surface area contributed by atoms with Gasteiger partial charge in [-0.2, -0.15) is 0 Å². The molecule has 0 saturated heterocycles. The average molecular weight is 221 g/mol.